The average Bonchev–Trinajstić information content (AvgIpc) is 2.91. The van der Waals surface area contributed by atoms with Gasteiger partial charge in [0, 0.05) is 17.1 Å². The number of halogens is 1. The monoisotopic (exact) mass is 249 g/mol. The number of rotatable bonds is 3. The lowest BCUT2D eigenvalue weighted by atomic mass is 9.94. The minimum Gasteiger partial charge on any atom is -0.307 e. The molecule has 2 aliphatic carbocycles. The van der Waals surface area contributed by atoms with Gasteiger partial charge in [-0.05, 0) is 55.7 Å². The quantitative estimate of drug-likeness (QED) is 0.848. The van der Waals surface area contributed by atoms with E-state index in [0.29, 0.717) is 6.04 Å². The zero-order chi connectivity index (χ0) is 11.8. The highest BCUT2D eigenvalue weighted by atomic mass is 35.5. The van der Waals surface area contributed by atoms with Crippen molar-refractivity contribution in [1.82, 2.24) is 5.32 Å². The molecule has 2 fully saturated rings. The van der Waals surface area contributed by atoms with Crippen molar-refractivity contribution in [1.29, 1.82) is 0 Å². The summed E-state index contributed by atoms with van der Waals surface area (Å²) >= 11 is 6.04. The first kappa shape index (κ1) is 11.6. The summed E-state index contributed by atoms with van der Waals surface area (Å²) < 4.78 is 0. The predicted molar refractivity (Wildman–Crippen MR) is 72.2 cm³/mol. The molecule has 0 saturated heterocycles. The second-order valence-electron chi connectivity index (χ2n) is 5.72. The third-order valence-corrected chi connectivity index (χ3v) is 4.79. The molecular formula is C15H20ClN. The maximum Gasteiger partial charge on any atom is 0.0409 e. The molecule has 3 unspecified atom stereocenters. The summed E-state index contributed by atoms with van der Waals surface area (Å²) in [5.41, 5.74) is 1.31. The molecule has 1 aromatic carbocycles. The van der Waals surface area contributed by atoms with E-state index in [4.69, 9.17) is 11.6 Å². The zero-order valence-electron chi connectivity index (χ0n) is 10.3. The molecule has 0 amide bonds. The van der Waals surface area contributed by atoms with Gasteiger partial charge in [0.25, 0.3) is 0 Å². The fraction of sp³-hybridized carbons (Fsp3) is 0.600. The molecule has 92 valence electrons. The molecule has 2 saturated carbocycles. The van der Waals surface area contributed by atoms with E-state index in [9.17, 15) is 0 Å². The van der Waals surface area contributed by atoms with Crippen molar-refractivity contribution in [2.75, 3.05) is 0 Å². The largest absolute Gasteiger partial charge is 0.307 e. The molecule has 2 bridgehead atoms. The van der Waals surface area contributed by atoms with Crippen molar-refractivity contribution in [3.05, 3.63) is 34.9 Å². The average molecular weight is 250 g/mol. The molecule has 1 N–H and O–H groups in total. The minimum absolute atomic E-state index is 0.415. The lowest BCUT2D eigenvalue weighted by Crippen LogP contribution is -2.35. The van der Waals surface area contributed by atoms with Crippen LogP contribution in [0, 0.1) is 11.8 Å². The maximum atomic E-state index is 6.04. The maximum absolute atomic E-state index is 6.04. The molecule has 1 nitrogen and oxygen atoms in total. The summed E-state index contributed by atoms with van der Waals surface area (Å²) in [6.07, 6.45) is 5.74. The Hall–Kier alpha value is -0.530. The Kier molecular flexibility index (Phi) is 3.14. The Balaban J connectivity index is 1.65. The summed E-state index contributed by atoms with van der Waals surface area (Å²) in [5, 5.41) is 4.63. The van der Waals surface area contributed by atoms with E-state index in [1.165, 1.54) is 31.2 Å². The van der Waals surface area contributed by atoms with Gasteiger partial charge in [0.2, 0.25) is 0 Å². The van der Waals surface area contributed by atoms with Crippen LogP contribution in [0.3, 0.4) is 0 Å². The molecule has 0 radical (unpaired) electrons. The van der Waals surface area contributed by atoms with Crippen molar-refractivity contribution in [3.8, 4) is 0 Å². The van der Waals surface area contributed by atoms with Crippen molar-refractivity contribution in [3.63, 3.8) is 0 Å². The first-order valence-electron chi connectivity index (χ1n) is 6.74. The zero-order valence-corrected chi connectivity index (χ0v) is 11.1. The van der Waals surface area contributed by atoms with E-state index >= 15 is 0 Å². The summed E-state index contributed by atoms with van der Waals surface area (Å²) in [5.74, 6) is 1.94. The van der Waals surface area contributed by atoms with Crippen LogP contribution in [0.25, 0.3) is 0 Å². The number of hydrogen-bond donors (Lipinski definition) is 1. The van der Waals surface area contributed by atoms with E-state index in [-0.39, 0.29) is 0 Å². The molecule has 2 aliphatic rings. The third kappa shape index (κ3) is 2.36. The number of fused-ring (bicyclic) bond motifs is 2. The van der Waals surface area contributed by atoms with Crippen LogP contribution in [0.1, 0.15) is 44.2 Å². The van der Waals surface area contributed by atoms with Gasteiger partial charge in [-0.3, -0.25) is 0 Å². The van der Waals surface area contributed by atoms with Crippen molar-refractivity contribution in [2.45, 2.75) is 44.7 Å². The Morgan fingerprint density at radius 3 is 2.82 bits per heavy atom. The van der Waals surface area contributed by atoms with Crippen LogP contribution in [-0.4, -0.2) is 6.04 Å². The van der Waals surface area contributed by atoms with Gasteiger partial charge in [0.1, 0.15) is 0 Å². The fourth-order valence-corrected chi connectivity index (χ4v) is 3.84. The normalized spacial score (nSPS) is 32.9. The van der Waals surface area contributed by atoms with Crippen LogP contribution < -0.4 is 5.32 Å². The smallest absolute Gasteiger partial charge is 0.0409 e. The van der Waals surface area contributed by atoms with Gasteiger partial charge in [-0.15, -0.1) is 0 Å². The van der Waals surface area contributed by atoms with E-state index in [1.54, 1.807) is 0 Å². The van der Waals surface area contributed by atoms with Crippen LogP contribution in [0.15, 0.2) is 24.3 Å². The molecule has 1 aromatic rings. The molecule has 0 aliphatic heterocycles. The van der Waals surface area contributed by atoms with E-state index < -0.39 is 0 Å². The van der Waals surface area contributed by atoms with Gasteiger partial charge < -0.3 is 5.32 Å². The van der Waals surface area contributed by atoms with Gasteiger partial charge in [-0.1, -0.05) is 30.2 Å². The van der Waals surface area contributed by atoms with Crippen LogP contribution in [0.5, 0.6) is 0 Å². The highest BCUT2D eigenvalue weighted by Gasteiger charge is 2.39. The van der Waals surface area contributed by atoms with Gasteiger partial charge in [0.15, 0.2) is 0 Å². The first-order valence-corrected chi connectivity index (χ1v) is 7.11. The van der Waals surface area contributed by atoms with Crippen molar-refractivity contribution < 1.29 is 0 Å². The van der Waals surface area contributed by atoms with Gasteiger partial charge in [-0.25, -0.2) is 0 Å². The van der Waals surface area contributed by atoms with Crippen molar-refractivity contribution >= 4 is 11.6 Å². The van der Waals surface area contributed by atoms with Crippen LogP contribution >= 0.6 is 11.6 Å². The Bertz CT molecular complexity index is 404. The molecule has 4 atom stereocenters. The Morgan fingerprint density at radius 1 is 1.29 bits per heavy atom. The second kappa shape index (κ2) is 4.62. The Morgan fingerprint density at radius 2 is 2.18 bits per heavy atom. The second-order valence-corrected chi connectivity index (χ2v) is 6.16. The van der Waals surface area contributed by atoms with Crippen LogP contribution in [0.4, 0.5) is 0 Å². The van der Waals surface area contributed by atoms with Crippen LogP contribution in [-0.2, 0) is 0 Å². The first-order chi connectivity index (χ1) is 8.22. The topological polar surface area (TPSA) is 12.0 Å². The standard InChI is InChI=1S/C15H20ClN/c1-10(12-3-2-4-14(16)9-12)17-15-8-11-5-6-13(15)7-11/h2-4,9-11,13,15,17H,5-8H2,1H3/t10-,11?,13?,15?/m0/s1. The van der Waals surface area contributed by atoms with Crippen molar-refractivity contribution in [2.24, 2.45) is 11.8 Å². The summed E-state index contributed by atoms with van der Waals surface area (Å²) in [4.78, 5) is 0. The van der Waals surface area contributed by atoms with Gasteiger partial charge in [0.05, 0.1) is 0 Å². The molecule has 0 spiro atoms. The predicted octanol–water partition coefficient (Wildman–Crippen LogP) is 4.18. The lowest BCUT2D eigenvalue weighted by molar-refractivity contribution is 0.327. The summed E-state index contributed by atoms with van der Waals surface area (Å²) in [6, 6.07) is 9.37. The molecule has 3 rings (SSSR count). The summed E-state index contributed by atoms with van der Waals surface area (Å²) in [6.45, 7) is 2.25. The molecule has 0 heterocycles. The third-order valence-electron chi connectivity index (χ3n) is 4.55. The molecule has 2 heteroatoms. The summed E-state index contributed by atoms with van der Waals surface area (Å²) in [7, 11) is 0. The molecular weight excluding hydrogens is 230 g/mol. The molecule has 0 aromatic heterocycles. The van der Waals surface area contributed by atoms with Gasteiger partial charge in [-0.2, -0.15) is 0 Å². The van der Waals surface area contributed by atoms with Crippen LogP contribution in [0.2, 0.25) is 5.02 Å². The molecule has 17 heavy (non-hydrogen) atoms. The fourth-order valence-electron chi connectivity index (χ4n) is 3.64. The number of benzene rings is 1. The van der Waals surface area contributed by atoms with E-state index in [1.807, 2.05) is 12.1 Å². The minimum atomic E-state index is 0.415. The van der Waals surface area contributed by atoms with E-state index in [2.05, 4.69) is 24.4 Å². The van der Waals surface area contributed by atoms with Gasteiger partial charge >= 0.3 is 0 Å². The highest BCUT2D eigenvalue weighted by Crippen LogP contribution is 2.45. The van der Waals surface area contributed by atoms with E-state index in [0.717, 1.165) is 22.9 Å². The highest BCUT2D eigenvalue weighted by molar-refractivity contribution is 6.30. The SMILES string of the molecule is C[C@H](NC1CC2CCC1C2)c1cccc(Cl)c1. The number of hydrogen-bond acceptors (Lipinski definition) is 1. The number of nitrogens with one attached hydrogen (secondary N) is 1. The Labute approximate surface area is 109 Å². The lowest BCUT2D eigenvalue weighted by Gasteiger charge is -2.27.